The number of piperazine rings is 1. The van der Waals surface area contributed by atoms with Crippen LogP contribution in [-0.4, -0.2) is 47.9 Å². The van der Waals surface area contributed by atoms with Crippen molar-refractivity contribution < 1.29 is 4.79 Å². The van der Waals surface area contributed by atoms with Gasteiger partial charge >= 0.3 is 0 Å². The molecule has 1 saturated heterocycles. The van der Waals surface area contributed by atoms with Crippen molar-refractivity contribution >= 4 is 5.91 Å². The van der Waals surface area contributed by atoms with Crippen LogP contribution in [0.5, 0.6) is 0 Å². The summed E-state index contributed by atoms with van der Waals surface area (Å²) in [5, 5.41) is 9.07. The number of carbonyl (C=O) groups is 1. The lowest BCUT2D eigenvalue weighted by Gasteiger charge is -2.38. The molecule has 3 aliphatic rings. The van der Waals surface area contributed by atoms with E-state index in [2.05, 4.69) is 11.0 Å². The standard InChI is InChI=1S/C14H21N3O/c15-11-14(5-6-14)13(18)17-9-7-16(8-10-17)12-3-1-2-4-12/h12H,1-10H2. The summed E-state index contributed by atoms with van der Waals surface area (Å²) >= 11 is 0. The molecule has 0 radical (unpaired) electrons. The van der Waals surface area contributed by atoms with E-state index < -0.39 is 5.41 Å². The van der Waals surface area contributed by atoms with Crippen molar-refractivity contribution in [2.45, 2.75) is 44.6 Å². The van der Waals surface area contributed by atoms with Crippen LogP contribution in [0.2, 0.25) is 0 Å². The van der Waals surface area contributed by atoms with Gasteiger partial charge in [0.25, 0.3) is 0 Å². The van der Waals surface area contributed by atoms with Crippen molar-refractivity contribution in [2.75, 3.05) is 26.2 Å². The predicted molar refractivity (Wildman–Crippen MR) is 67.7 cm³/mol. The number of hydrogen-bond acceptors (Lipinski definition) is 3. The Labute approximate surface area is 109 Å². The maximum absolute atomic E-state index is 12.2. The molecule has 0 N–H and O–H groups in total. The van der Waals surface area contributed by atoms with Crippen LogP contribution in [0.4, 0.5) is 0 Å². The zero-order valence-corrected chi connectivity index (χ0v) is 10.9. The topological polar surface area (TPSA) is 47.3 Å². The van der Waals surface area contributed by atoms with Crippen LogP contribution >= 0.6 is 0 Å². The van der Waals surface area contributed by atoms with Gasteiger partial charge in [0.1, 0.15) is 5.41 Å². The third-order valence-corrected chi connectivity index (χ3v) is 4.82. The van der Waals surface area contributed by atoms with Crippen molar-refractivity contribution in [2.24, 2.45) is 5.41 Å². The fraction of sp³-hybridized carbons (Fsp3) is 0.857. The highest BCUT2D eigenvalue weighted by atomic mass is 16.2. The molecule has 2 saturated carbocycles. The van der Waals surface area contributed by atoms with Crippen LogP contribution < -0.4 is 0 Å². The van der Waals surface area contributed by atoms with Gasteiger partial charge in [0.2, 0.25) is 5.91 Å². The van der Waals surface area contributed by atoms with E-state index >= 15 is 0 Å². The third-order valence-electron chi connectivity index (χ3n) is 4.82. The lowest BCUT2D eigenvalue weighted by molar-refractivity contribution is -0.137. The average Bonchev–Trinajstić information content (AvgIpc) is 3.04. The van der Waals surface area contributed by atoms with Crippen molar-refractivity contribution in [3.8, 4) is 6.07 Å². The molecule has 4 heteroatoms. The van der Waals surface area contributed by atoms with Gasteiger partial charge in [0.15, 0.2) is 0 Å². The quantitative estimate of drug-likeness (QED) is 0.740. The highest BCUT2D eigenvalue weighted by molar-refractivity contribution is 5.88. The van der Waals surface area contributed by atoms with Gasteiger partial charge in [-0.05, 0) is 25.7 Å². The molecule has 98 valence electrons. The monoisotopic (exact) mass is 247 g/mol. The number of nitrogens with zero attached hydrogens (tertiary/aromatic N) is 3. The van der Waals surface area contributed by atoms with Crippen LogP contribution in [0.25, 0.3) is 0 Å². The van der Waals surface area contributed by atoms with Gasteiger partial charge in [-0.1, -0.05) is 12.8 Å². The van der Waals surface area contributed by atoms with Gasteiger partial charge in [0.05, 0.1) is 6.07 Å². The minimum absolute atomic E-state index is 0.0936. The molecular formula is C14H21N3O. The van der Waals surface area contributed by atoms with Crippen LogP contribution in [0.15, 0.2) is 0 Å². The Morgan fingerprint density at radius 1 is 1.11 bits per heavy atom. The summed E-state index contributed by atoms with van der Waals surface area (Å²) in [7, 11) is 0. The molecule has 3 fully saturated rings. The summed E-state index contributed by atoms with van der Waals surface area (Å²) in [4.78, 5) is 16.7. The van der Waals surface area contributed by atoms with E-state index in [1.54, 1.807) is 0 Å². The predicted octanol–water partition coefficient (Wildman–Crippen LogP) is 1.38. The molecule has 0 atom stereocenters. The Morgan fingerprint density at radius 2 is 1.72 bits per heavy atom. The van der Waals surface area contributed by atoms with Gasteiger partial charge in [-0.2, -0.15) is 5.26 Å². The van der Waals surface area contributed by atoms with E-state index in [4.69, 9.17) is 5.26 Å². The minimum Gasteiger partial charge on any atom is -0.339 e. The number of amides is 1. The van der Waals surface area contributed by atoms with Crippen molar-refractivity contribution in [3.05, 3.63) is 0 Å². The van der Waals surface area contributed by atoms with E-state index in [1.165, 1.54) is 25.7 Å². The van der Waals surface area contributed by atoms with E-state index in [0.29, 0.717) is 0 Å². The molecule has 3 rings (SSSR count). The lowest BCUT2D eigenvalue weighted by atomic mass is 10.1. The van der Waals surface area contributed by atoms with Gasteiger partial charge in [0, 0.05) is 32.2 Å². The van der Waals surface area contributed by atoms with Crippen molar-refractivity contribution in [1.82, 2.24) is 9.80 Å². The molecule has 1 aliphatic heterocycles. The summed E-state index contributed by atoms with van der Waals surface area (Å²) in [6.07, 6.45) is 6.92. The highest BCUT2D eigenvalue weighted by Gasteiger charge is 2.52. The smallest absolute Gasteiger partial charge is 0.243 e. The van der Waals surface area contributed by atoms with Crippen LogP contribution in [0, 0.1) is 16.7 Å². The largest absolute Gasteiger partial charge is 0.339 e. The number of rotatable bonds is 2. The SMILES string of the molecule is N#CC1(C(=O)N2CCN(C3CCCC3)CC2)CC1. The summed E-state index contributed by atoms with van der Waals surface area (Å²) in [6.45, 7) is 3.63. The number of nitriles is 1. The van der Waals surface area contributed by atoms with Crippen molar-refractivity contribution in [1.29, 1.82) is 5.26 Å². The maximum atomic E-state index is 12.2. The summed E-state index contributed by atoms with van der Waals surface area (Å²) in [5.41, 5.74) is -0.629. The molecule has 18 heavy (non-hydrogen) atoms. The maximum Gasteiger partial charge on any atom is 0.243 e. The molecule has 0 spiro atoms. The average molecular weight is 247 g/mol. The Hall–Kier alpha value is -1.08. The van der Waals surface area contributed by atoms with Gasteiger partial charge in [-0.25, -0.2) is 0 Å². The Kier molecular flexibility index (Phi) is 3.03. The third kappa shape index (κ3) is 2.01. The normalized spacial score (nSPS) is 28.1. The van der Waals surface area contributed by atoms with Gasteiger partial charge in [-0.3, -0.25) is 9.69 Å². The number of hydrogen-bond donors (Lipinski definition) is 0. The molecule has 1 heterocycles. The first-order valence-corrected chi connectivity index (χ1v) is 7.20. The van der Waals surface area contributed by atoms with E-state index in [0.717, 1.165) is 45.1 Å². The first-order chi connectivity index (χ1) is 8.75. The van der Waals surface area contributed by atoms with E-state index in [-0.39, 0.29) is 5.91 Å². The molecule has 0 aromatic carbocycles. The molecular weight excluding hydrogens is 226 g/mol. The van der Waals surface area contributed by atoms with E-state index in [1.807, 2.05) is 4.90 Å². The van der Waals surface area contributed by atoms with Crippen LogP contribution in [0.1, 0.15) is 38.5 Å². The highest BCUT2D eigenvalue weighted by Crippen LogP contribution is 2.46. The zero-order valence-electron chi connectivity index (χ0n) is 10.9. The first-order valence-electron chi connectivity index (χ1n) is 7.20. The second-order valence-electron chi connectivity index (χ2n) is 5.96. The molecule has 2 aliphatic carbocycles. The molecule has 0 unspecified atom stereocenters. The molecule has 0 aromatic rings. The van der Waals surface area contributed by atoms with Gasteiger partial charge in [-0.15, -0.1) is 0 Å². The number of carbonyl (C=O) groups excluding carboxylic acids is 1. The Morgan fingerprint density at radius 3 is 2.22 bits per heavy atom. The summed E-state index contributed by atoms with van der Waals surface area (Å²) < 4.78 is 0. The molecule has 4 nitrogen and oxygen atoms in total. The molecule has 0 aromatic heterocycles. The molecule has 1 amide bonds. The van der Waals surface area contributed by atoms with E-state index in [9.17, 15) is 4.79 Å². The van der Waals surface area contributed by atoms with Crippen LogP contribution in [0.3, 0.4) is 0 Å². The first kappa shape index (κ1) is 12.0. The summed E-state index contributed by atoms with van der Waals surface area (Å²) in [5.74, 6) is 0.0936. The molecule has 0 bridgehead atoms. The Bertz CT molecular complexity index is 369. The van der Waals surface area contributed by atoms with Crippen LogP contribution in [-0.2, 0) is 4.79 Å². The summed E-state index contributed by atoms with van der Waals surface area (Å²) in [6, 6.07) is 2.97. The zero-order chi connectivity index (χ0) is 12.6. The van der Waals surface area contributed by atoms with Gasteiger partial charge < -0.3 is 4.90 Å². The second-order valence-corrected chi connectivity index (χ2v) is 5.96. The van der Waals surface area contributed by atoms with Crippen molar-refractivity contribution in [3.63, 3.8) is 0 Å². The fourth-order valence-electron chi connectivity index (χ4n) is 3.36. The minimum atomic E-state index is -0.629. The lowest BCUT2D eigenvalue weighted by Crippen LogP contribution is -2.52. The fourth-order valence-corrected chi connectivity index (χ4v) is 3.36. The Balaban J connectivity index is 1.54. The second kappa shape index (κ2) is 4.55.